The van der Waals surface area contributed by atoms with Crippen LogP contribution in [0.25, 0.3) is 22.0 Å². The normalized spacial score (nSPS) is 13.4. The first kappa shape index (κ1) is 13.6. The van der Waals surface area contributed by atoms with Crippen LogP contribution in [0.15, 0.2) is 36.7 Å². The monoisotopic (exact) mass is 309 g/mol. The molecule has 0 radical (unpaired) electrons. The highest BCUT2D eigenvalue weighted by atomic mass is 16.5. The number of hydrogen-bond acceptors (Lipinski definition) is 4. The molecule has 0 spiro atoms. The molecule has 0 bridgehead atoms. The second-order valence-electron chi connectivity index (χ2n) is 5.45. The summed E-state index contributed by atoms with van der Waals surface area (Å²) in [7, 11) is 3.58. The SMILES string of the molecule is COc1cc2c(-c3ccc4c(c3)OCC(=O)N4)cn(C)c2cn1. The van der Waals surface area contributed by atoms with Crippen LogP contribution in [0.2, 0.25) is 0 Å². The molecule has 0 aliphatic carbocycles. The number of nitrogens with one attached hydrogen (secondary N) is 1. The second-order valence-corrected chi connectivity index (χ2v) is 5.45. The second kappa shape index (κ2) is 5.01. The lowest BCUT2D eigenvalue weighted by Gasteiger charge is -2.18. The van der Waals surface area contributed by atoms with E-state index in [0.717, 1.165) is 22.0 Å². The number of pyridine rings is 1. The Morgan fingerprint density at radius 3 is 3.04 bits per heavy atom. The zero-order chi connectivity index (χ0) is 16.0. The average Bonchev–Trinajstić information content (AvgIpc) is 2.90. The molecule has 116 valence electrons. The van der Waals surface area contributed by atoms with Crippen LogP contribution in [-0.4, -0.2) is 29.2 Å². The van der Waals surface area contributed by atoms with Gasteiger partial charge in [-0.3, -0.25) is 4.79 Å². The number of methoxy groups -OCH3 is 1. The number of carbonyl (C=O) groups excluding carboxylic acids is 1. The third-order valence-electron chi connectivity index (χ3n) is 3.99. The molecular formula is C17H15N3O3. The van der Waals surface area contributed by atoms with Gasteiger partial charge < -0.3 is 19.4 Å². The third kappa shape index (κ3) is 2.19. The fourth-order valence-electron chi connectivity index (χ4n) is 2.84. The van der Waals surface area contributed by atoms with Crippen LogP contribution in [-0.2, 0) is 11.8 Å². The van der Waals surface area contributed by atoms with Gasteiger partial charge in [0.15, 0.2) is 6.61 Å². The molecule has 0 saturated carbocycles. The predicted molar refractivity (Wildman–Crippen MR) is 86.8 cm³/mol. The molecule has 0 unspecified atom stereocenters. The first-order valence-electron chi connectivity index (χ1n) is 7.22. The van der Waals surface area contributed by atoms with Gasteiger partial charge in [0.25, 0.3) is 5.91 Å². The molecule has 0 fully saturated rings. The maximum absolute atomic E-state index is 11.4. The van der Waals surface area contributed by atoms with Crippen molar-refractivity contribution >= 4 is 22.5 Å². The maximum Gasteiger partial charge on any atom is 0.262 e. The van der Waals surface area contributed by atoms with Crippen molar-refractivity contribution in [2.24, 2.45) is 7.05 Å². The highest BCUT2D eigenvalue weighted by molar-refractivity contribution is 5.99. The standard InChI is InChI=1S/C17H15N3O3/c1-20-8-12(11-6-17(22-2)18-7-14(11)20)10-3-4-13-15(5-10)23-9-16(21)19-13/h3-8H,9H2,1-2H3,(H,19,21). The van der Waals surface area contributed by atoms with Crippen molar-refractivity contribution in [3.05, 3.63) is 36.7 Å². The van der Waals surface area contributed by atoms with Gasteiger partial charge in [-0.15, -0.1) is 0 Å². The van der Waals surface area contributed by atoms with Crippen LogP contribution in [0.4, 0.5) is 5.69 Å². The first-order valence-corrected chi connectivity index (χ1v) is 7.22. The molecule has 1 amide bonds. The molecule has 1 aliphatic heterocycles. The molecule has 1 aromatic carbocycles. The van der Waals surface area contributed by atoms with Crippen molar-refractivity contribution in [2.45, 2.75) is 0 Å². The quantitative estimate of drug-likeness (QED) is 0.790. The highest BCUT2D eigenvalue weighted by Crippen LogP contribution is 2.37. The summed E-state index contributed by atoms with van der Waals surface area (Å²) in [6.45, 7) is 0.0454. The van der Waals surface area contributed by atoms with E-state index in [9.17, 15) is 4.79 Å². The van der Waals surface area contributed by atoms with Crippen LogP contribution in [0.3, 0.4) is 0 Å². The zero-order valence-electron chi connectivity index (χ0n) is 12.8. The Morgan fingerprint density at radius 1 is 1.35 bits per heavy atom. The average molecular weight is 309 g/mol. The number of fused-ring (bicyclic) bond motifs is 2. The molecule has 3 aromatic rings. The Bertz CT molecular complexity index is 930. The summed E-state index contributed by atoms with van der Waals surface area (Å²) in [5.41, 5.74) is 3.79. The molecule has 0 atom stereocenters. The van der Waals surface area contributed by atoms with E-state index < -0.39 is 0 Å². The van der Waals surface area contributed by atoms with Crippen molar-refractivity contribution in [3.8, 4) is 22.8 Å². The molecule has 2 aromatic heterocycles. The third-order valence-corrected chi connectivity index (χ3v) is 3.99. The summed E-state index contributed by atoms with van der Waals surface area (Å²) in [6, 6.07) is 7.69. The van der Waals surface area contributed by atoms with Gasteiger partial charge in [-0.05, 0) is 17.7 Å². The van der Waals surface area contributed by atoms with Gasteiger partial charge in [-0.25, -0.2) is 4.98 Å². The summed E-state index contributed by atoms with van der Waals surface area (Å²) < 4.78 is 12.8. The van der Waals surface area contributed by atoms with Gasteiger partial charge in [0.05, 0.1) is 24.5 Å². The van der Waals surface area contributed by atoms with Gasteiger partial charge in [-0.1, -0.05) is 6.07 Å². The summed E-state index contributed by atoms with van der Waals surface area (Å²) in [6.07, 6.45) is 3.85. The van der Waals surface area contributed by atoms with Gasteiger partial charge in [0.1, 0.15) is 5.75 Å². The van der Waals surface area contributed by atoms with Crippen LogP contribution >= 0.6 is 0 Å². The number of amides is 1. The minimum atomic E-state index is -0.133. The fraction of sp³-hybridized carbons (Fsp3) is 0.176. The first-order chi connectivity index (χ1) is 11.2. The Morgan fingerprint density at radius 2 is 2.22 bits per heavy atom. The van der Waals surface area contributed by atoms with Crippen molar-refractivity contribution < 1.29 is 14.3 Å². The minimum absolute atomic E-state index is 0.0454. The molecule has 1 aliphatic rings. The number of rotatable bonds is 2. The van der Waals surface area contributed by atoms with Crippen LogP contribution in [0.1, 0.15) is 0 Å². The highest BCUT2D eigenvalue weighted by Gasteiger charge is 2.18. The lowest BCUT2D eigenvalue weighted by atomic mass is 10.0. The van der Waals surface area contributed by atoms with E-state index in [2.05, 4.69) is 16.5 Å². The number of nitrogens with zero attached hydrogens (tertiary/aromatic N) is 2. The van der Waals surface area contributed by atoms with E-state index >= 15 is 0 Å². The van der Waals surface area contributed by atoms with E-state index in [0.29, 0.717) is 17.3 Å². The van der Waals surface area contributed by atoms with Crippen molar-refractivity contribution in [1.29, 1.82) is 0 Å². The van der Waals surface area contributed by atoms with E-state index in [4.69, 9.17) is 9.47 Å². The molecule has 3 heterocycles. The largest absolute Gasteiger partial charge is 0.482 e. The molecule has 1 N–H and O–H groups in total. The number of hydrogen-bond donors (Lipinski definition) is 1. The molecule has 4 rings (SSSR count). The van der Waals surface area contributed by atoms with Crippen LogP contribution in [0, 0.1) is 0 Å². The van der Waals surface area contributed by atoms with Gasteiger partial charge in [0.2, 0.25) is 5.88 Å². The number of aromatic nitrogens is 2. The van der Waals surface area contributed by atoms with Gasteiger partial charge in [-0.2, -0.15) is 0 Å². The Kier molecular flexibility index (Phi) is 2.97. The van der Waals surface area contributed by atoms with E-state index in [1.54, 1.807) is 13.3 Å². The smallest absolute Gasteiger partial charge is 0.262 e. The fourth-order valence-corrected chi connectivity index (χ4v) is 2.84. The Hall–Kier alpha value is -3.02. The predicted octanol–water partition coefficient (Wildman–Crippen LogP) is 2.58. The summed E-state index contributed by atoms with van der Waals surface area (Å²) >= 11 is 0. The Labute approximate surface area is 132 Å². The number of carbonyl (C=O) groups is 1. The number of ether oxygens (including phenoxy) is 2. The molecule has 6 heteroatoms. The lowest BCUT2D eigenvalue weighted by Crippen LogP contribution is -2.25. The topological polar surface area (TPSA) is 65.4 Å². The number of anilines is 1. The zero-order valence-corrected chi connectivity index (χ0v) is 12.8. The van der Waals surface area contributed by atoms with Crippen molar-refractivity contribution in [2.75, 3.05) is 19.0 Å². The van der Waals surface area contributed by atoms with E-state index in [-0.39, 0.29) is 12.5 Å². The minimum Gasteiger partial charge on any atom is -0.482 e. The van der Waals surface area contributed by atoms with Crippen molar-refractivity contribution in [3.63, 3.8) is 0 Å². The van der Waals surface area contributed by atoms with Crippen LogP contribution in [0.5, 0.6) is 11.6 Å². The lowest BCUT2D eigenvalue weighted by molar-refractivity contribution is -0.118. The number of benzene rings is 1. The summed E-state index contributed by atoms with van der Waals surface area (Å²) in [4.78, 5) is 15.6. The van der Waals surface area contributed by atoms with E-state index in [1.807, 2.05) is 35.9 Å². The Balaban J connectivity index is 1.87. The van der Waals surface area contributed by atoms with Gasteiger partial charge >= 0.3 is 0 Å². The summed E-state index contributed by atoms with van der Waals surface area (Å²) in [5.74, 6) is 1.12. The number of aryl methyl sites for hydroxylation is 1. The molecular weight excluding hydrogens is 294 g/mol. The maximum atomic E-state index is 11.4. The van der Waals surface area contributed by atoms with Crippen molar-refractivity contribution in [1.82, 2.24) is 9.55 Å². The van der Waals surface area contributed by atoms with E-state index in [1.165, 1.54) is 0 Å². The van der Waals surface area contributed by atoms with Crippen LogP contribution < -0.4 is 14.8 Å². The summed E-state index contributed by atoms with van der Waals surface area (Å²) in [5, 5.41) is 3.85. The molecule has 23 heavy (non-hydrogen) atoms. The molecule has 0 saturated heterocycles. The molecule has 6 nitrogen and oxygen atoms in total. The van der Waals surface area contributed by atoms with Gasteiger partial charge in [0, 0.05) is 30.3 Å².